The fourth-order valence-corrected chi connectivity index (χ4v) is 1.80. The van der Waals surface area contributed by atoms with Crippen LogP contribution in [0.4, 0.5) is 5.69 Å². The molecule has 3 N–H and O–H groups in total. The van der Waals surface area contributed by atoms with Gasteiger partial charge >= 0.3 is 0 Å². The molecule has 1 aliphatic rings. The quantitative estimate of drug-likeness (QED) is 0.635. The molecule has 1 aromatic heterocycles. The van der Waals surface area contributed by atoms with E-state index in [9.17, 15) is 0 Å². The van der Waals surface area contributed by atoms with E-state index in [0.717, 1.165) is 24.5 Å². The van der Waals surface area contributed by atoms with Crippen LogP contribution in [0.25, 0.3) is 0 Å². The molecule has 2 rings (SSSR count). The molecule has 0 spiro atoms. The van der Waals surface area contributed by atoms with E-state index >= 15 is 0 Å². The number of nitrogens with zero attached hydrogens (tertiary/aromatic N) is 2. The van der Waals surface area contributed by atoms with Crippen molar-refractivity contribution in [2.45, 2.75) is 12.3 Å². The van der Waals surface area contributed by atoms with Crippen molar-refractivity contribution >= 4 is 5.69 Å². The van der Waals surface area contributed by atoms with Crippen LogP contribution >= 0.6 is 0 Å². The smallest absolute Gasteiger partial charge is 0.0733 e. The topological polar surface area (TPSA) is 57.9 Å². The van der Waals surface area contributed by atoms with E-state index < -0.39 is 0 Å². The van der Waals surface area contributed by atoms with Gasteiger partial charge in [-0.2, -0.15) is 5.10 Å². The highest BCUT2D eigenvalue weighted by molar-refractivity contribution is 5.42. The van der Waals surface area contributed by atoms with E-state index in [1.807, 2.05) is 0 Å². The Morgan fingerprint density at radius 3 is 3.08 bits per heavy atom. The molecule has 12 heavy (non-hydrogen) atoms. The molecule has 1 fully saturated rings. The average Bonchev–Trinajstić information content (AvgIpc) is 2.58. The summed E-state index contributed by atoms with van der Waals surface area (Å²) in [6, 6.07) is 0. The third-order valence-corrected chi connectivity index (χ3v) is 2.50. The van der Waals surface area contributed by atoms with Gasteiger partial charge in [0.2, 0.25) is 0 Å². The Morgan fingerprint density at radius 2 is 2.58 bits per heavy atom. The number of likely N-dealkylation sites (N-methyl/N-ethyl adjacent to an activating group) is 1. The van der Waals surface area contributed by atoms with Crippen LogP contribution in [0.3, 0.4) is 0 Å². The first kappa shape index (κ1) is 7.61. The van der Waals surface area contributed by atoms with Crippen LogP contribution in [-0.2, 0) is 0 Å². The zero-order valence-electron chi connectivity index (χ0n) is 7.25. The molecule has 0 aliphatic carbocycles. The third-order valence-electron chi connectivity index (χ3n) is 2.50. The van der Waals surface area contributed by atoms with Crippen LogP contribution in [0.15, 0.2) is 6.20 Å². The molecule has 1 unspecified atom stereocenters. The number of nitrogens with two attached hydrogens (primary N) is 1. The molecule has 4 heteroatoms. The number of hydrogen-bond donors (Lipinski definition) is 2. The minimum atomic E-state index is 0.553. The maximum Gasteiger partial charge on any atom is 0.0733 e. The number of nitrogens with one attached hydrogen (secondary N) is 1. The van der Waals surface area contributed by atoms with E-state index in [4.69, 9.17) is 5.73 Å². The highest BCUT2D eigenvalue weighted by Crippen LogP contribution is 2.27. The van der Waals surface area contributed by atoms with Crippen molar-refractivity contribution < 1.29 is 0 Å². The standard InChI is InChI=1S/C8H14N4/c1-12-3-2-6(5-12)8-7(9)4-10-11-8/h4,6H,2-3,5,9H2,1H3,(H,10,11). The second kappa shape index (κ2) is 2.79. The number of rotatable bonds is 1. The summed E-state index contributed by atoms with van der Waals surface area (Å²) in [6.45, 7) is 2.25. The van der Waals surface area contributed by atoms with Crippen molar-refractivity contribution in [1.29, 1.82) is 0 Å². The molecule has 0 radical (unpaired) electrons. The van der Waals surface area contributed by atoms with E-state index in [2.05, 4.69) is 22.1 Å². The monoisotopic (exact) mass is 166 g/mol. The van der Waals surface area contributed by atoms with Gasteiger partial charge in [-0.3, -0.25) is 5.10 Å². The minimum Gasteiger partial charge on any atom is -0.396 e. The summed E-state index contributed by atoms with van der Waals surface area (Å²) < 4.78 is 0. The van der Waals surface area contributed by atoms with Crippen molar-refractivity contribution in [3.05, 3.63) is 11.9 Å². The number of H-pyrrole nitrogens is 1. The maximum atomic E-state index is 5.75. The van der Waals surface area contributed by atoms with Gasteiger partial charge in [0.05, 0.1) is 17.6 Å². The molecule has 0 bridgehead atoms. The zero-order chi connectivity index (χ0) is 8.55. The number of anilines is 1. The lowest BCUT2D eigenvalue weighted by molar-refractivity contribution is 0.411. The molecule has 0 aromatic carbocycles. The van der Waals surface area contributed by atoms with E-state index in [1.165, 1.54) is 6.42 Å². The maximum absolute atomic E-state index is 5.75. The first-order valence-corrected chi connectivity index (χ1v) is 4.24. The second-order valence-electron chi connectivity index (χ2n) is 3.49. The number of aromatic nitrogens is 2. The lowest BCUT2D eigenvalue weighted by Gasteiger charge is -2.08. The normalized spacial score (nSPS) is 24.9. The summed E-state index contributed by atoms with van der Waals surface area (Å²) in [5.41, 5.74) is 7.67. The number of aromatic amines is 1. The lowest BCUT2D eigenvalue weighted by Crippen LogP contribution is -2.13. The van der Waals surface area contributed by atoms with Crippen LogP contribution in [0.5, 0.6) is 0 Å². The fraction of sp³-hybridized carbons (Fsp3) is 0.625. The molecule has 66 valence electrons. The fourth-order valence-electron chi connectivity index (χ4n) is 1.80. The molecular weight excluding hydrogens is 152 g/mol. The predicted octanol–water partition coefficient (Wildman–Crippen LogP) is 0.411. The minimum absolute atomic E-state index is 0.553. The molecule has 2 heterocycles. The SMILES string of the molecule is CN1CCC(c2[nH]ncc2N)C1. The Kier molecular flexibility index (Phi) is 1.77. The molecule has 4 nitrogen and oxygen atoms in total. The van der Waals surface area contributed by atoms with Gasteiger partial charge in [-0.25, -0.2) is 0 Å². The second-order valence-corrected chi connectivity index (χ2v) is 3.49. The highest BCUT2D eigenvalue weighted by Gasteiger charge is 2.23. The van der Waals surface area contributed by atoms with Gasteiger partial charge in [0.1, 0.15) is 0 Å². The van der Waals surface area contributed by atoms with Crippen molar-refractivity contribution in [2.75, 3.05) is 25.9 Å². The van der Waals surface area contributed by atoms with E-state index in [-0.39, 0.29) is 0 Å². The summed E-state index contributed by atoms with van der Waals surface area (Å²) in [5.74, 6) is 0.553. The Morgan fingerprint density at radius 1 is 1.75 bits per heavy atom. The van der Waals surface area contributed by atoms with Crippen molar-refractivity contribution in [3.63, 3.8) is 0 Å². The van der Waals surface area contributed by atoms with Gasteiger partial charge in [-0.1, -0.05) is 0 Å². The molecule has 1 atom stereocenters. The zero-order valence-corrected chi connectivity index (χ0v) is 7.25. The van der Waals surface area contributed by atoms with Crippen LogP contribution in [-0.4, -0.2) is 35.2 Å². The molecule has 1 saturated heterocycles. The first-order valence-electron chi connectivity index (χ1n) is 4.24. The Hall–Kier alpha value is -1.03. The van der Waals surface area contributed by atoms with Crippen LogP contribution in [0, 0.1) is 0 Å². The summed E-state index contributed by atoms with van der Waals surface area (Å²) in [4.78, 5) is 2.31. The highest BCUT2D eigenvalue weighted by atomic mass is 15.2. The van der Waals surface area contributed by atoms with Crippen LogP contribution in [0.1, 0.15) is 18.0 Å². The Balaban J connectivity index is 2.16. The van der Waals surface area contributed by atoms with Gasteiger partial charge in [-0.15, -0.1) is 0 Å². The average molecular weight is 166 g/mol. The predicted molar refractivity (Wildman–Crippen MR) is 47.9 cm³/mol. The molecular formula is C8H14N4. The summed E-state index contributed by atoms with van der Waals surface area (Å²) >= 11 is 0. The number of hydrogen-bond acceptors (Lipinski definition) is 3. The largest absolute Gasteiger partial charge is 0.396 e. The summed E-state index contributed by atoms with van der Waals surface area (Å²) in [5, 5.41) is 6.89. The van der Waals surface area contributed by atoms with Crippen LogP contribution in [0.2, 0.25) is 0 Å². The van der Waals surface area contributed by atoms with Crippen LogP contribution < -0.4 is 5.73 Å². The van der Waals surface area contributed by atoms with Gasteiger partial charge in [-0.05, 0) is 20.0 Å². The van der Waals surface area contributed by atoms with Gasteiger partial charge in [0.15, 0.2) is 0 Å². The van der Waals surface area contributed by atoms with Crippen molar-refractivity contribution in [2.24, 2.45) is 0 Å². The van der Waals surface area contributed by atoms with Gasteiger partial charge in [0.25, 0.3) is 0 Å². The number of likely N-dealkylation sites (tertiary alicyclic amines) is 1. The van der Waals surface area contributed by atoms with E-state index in [0.29, 0.717) is 5.92 Å². The van der Waals surface area contributed by atoms with Gasteiger partial charge in [0, 0.05) is 12.5 Å². The summed E-state index contributed by atoms with van der Waals surface area (Å²) in [6.07, 6.45) is 2.87. The Labute approximate surface area is 71.7 Å². The first-order chi connectivity index (χ1) is 5.77. The lowest BCUT2D eigenvalue weighted by atomic mass is 10.0. The van der Waals surface area contributed by atoms with Crippen molar-refractivity contribution in [3.8, 4) is 0 Å². The molecule has 1 aliphatic heterocycles. The third kappa shape index (κ3) is 1.18. The van der Waals surface area contributed by atoms with Gasteiger partial charge < -0.3 is 10.6 Å². The van der Waals surface area contributed by atoms with Crippen molar-refractivity contribution in [1.82, 2.24) is 15.1 Å². The van der Waals surface area contributed by atoms with E-state index in [1.54, 1.807) is 6.20 Å². The molecule has 0 saturated carbocycles. The number of nitrogen functional groups attached to an aromatic ring is 1. The summed E-state index contributed by atoms with van der Waals surface area (Å²) in [7, 11) is 2.13. The Bertz CT molecular complexity index is 268. The molecule has 1 aromatic rings. The molecule has 0 amide bonds.